The van der Waals surface area contributed by atoms with Crippen LogP contribution in [0.25, 0.3) is 6.08 Å². The van der Waals surface area contributed by atoms with Crippen molar-refractivity contribution >= 4 is 23.9 Å². The number of carbonyl (C=O) groups excluding carboxylic acids is 3. The van der Waals surface area contributed by atoms with Gasteiger partial charge in [0.05, 0.1) is 14.2 Å². The van der Waals surface area contributed by atoms with Crippen molar-refractivity contribution in [3.8, 4) is 17.2 Å². The molecule has 1 heterocycles. The topological polar surface area (TPSA) is 105 Å². The Morgan fingerprint density at radius 1 is 1.03 bits per heavy atom. The molecule has 0 radical (unpaired) electrons. The average Bonchev–Trinajstić information content (AvgIpc) is 2.76. The molecule has 33 heavy (non-hydrogen) atoms. The molecule has 176 valence electrons. The predicted octanol–water partition coefficient (Wildman–Crippen LogP) is 3.48. The summed E-state index contributed by atoms with van der Waals surface area (Å²) in [5.74, 6) is 0.844. The van der Waals surface area contributed by atoms with Gasteiger partial charge in [-0.1, -0.05) is 0 Å². The molecule has 0 aromatic heterocycles. The Balaban J connectivity index is 1.48. The SMILES string of the molecule is COc1cc(C=C2C(=O)NC(=O)N(C(C)C34CC5CC(CC(C5)C3)C4)C2=O)cc(OC)c1O. The van der Waals surface area contributed by atoms with Gasteiger partial charge in [0, 0.05) is 6.04 Å². The van der Waals surface area contributed by atoms with E-state index in [9.17, 15) is 19.5 Å². The summed E-state index contributed by atoms with van der Waals surface area (Å²) in [6.07, 6.45) is 8.32. The van der Waals surface area contributed by atoms with Gasteiger partial charge in [0.2, 0.25) is 5.75 Å². The lowest BCUT2D eigenvalue weighted by molar-refractivity contribution is -0.139. The molecule has 8 nitrogen and oxygen atoms in total. The fraction of sp³-hybridized carbons (Fsp3) is 0.560. The van der Waals surface area contributed by atoms with Crippen molar-refractivity contribution in [2.75, 3.05) is 14.2 Å². The van der Waals surface area contributed by atoms with Crippen molar-refractivity contribution in [1.82, 2.24) is 10.2 Å². The smallest absolute Gasteiger partial charge is 0.331 e. The van der Waals surface area contributed by atoms with Gasteiger partial charge in [0.15, 0.2) is 11.5 Å². The Morgan fingerprint density at radius 3 is 2.03 bits per heavy atom. The van der Waals surface area contributed by atoms with Gasteiger partial charge in [-0.3, -0.25) is 19.8 Å². The molecular weight excluding hydrogens is 424 g/mol. The van der Waals surface area contributed by atoms with E-state index >= 15 is 0 Å². The highest BCUT2D eigenvalue weighted by molar-refractivity contribution is 6.31. The summed E-state index contributed by atoms with van der Waals surface area (Å²) in [7, 11) is 2.80. The number of phenols is 1. The lowest BCUT2D eigenvalue weighted by Crippen LogP contribution is -2.63. The molecule has 4 amide bonds. The number of methoxy groups -OCH3 is 2. The molecule has 5 aliphatic rings. The van der Waals surface area contributed by atoms with E-state index in [1.165, 1.54) is 56.6 Å². The zero-order valence-corrected chi connectivity index (χ0v) is 19.2. The highest BCUT2D eigenvalue weighted by atomic mass is 16.5. The van der Waals surface area contributed by atoms with Crippen LogP contribution < -0.4 is 14.8 Å². The molecule has 4 saturated carbocycles. The van der Waals surface area contributed by atoms with E-state index in [1.807, 2.05) is 6.92 Å². The van der Waals surface area contributed by atoms with Crippen LogP contribution in [-0.2, 0) is 9.59 Å². The Bertz CT molecular complexity index is 1000. The minimum absolute atomic E-state index is 0.0712. The van der Waals surface area contributed by atoms with Crippen LogP contribution in [0.2, 0.25) is 0 Å². The molecule has 8 heteroatoms. The highest BCUT2D eigenvalue weighted by Crippen LogP contribution is 2.62. The van der Waals surface area contributed by atoms with E-state index < -0.39 is 17.8 Å². The number of barbiturate groups is 1. The van der Waals surface area contributed by atoms with Gasteiger partial charge in [-0.05, 0) is 92.4 Å². The van der Waals surface area contributed by atoms with Gasteiger partial charge in [-0.25, -0.2) is 4.79 Å². The Hall–Kier alpha value is -3.03. The van der Waals surface area contributed by atoms with Gasteiger partial charge >= 0.3 is 6.03 Å². The molecular formula is C25H30N2O6. The first-order chi connectivity index (χ1) is 15.7. The maximum Gasteiger partial charge on any atom is 0.331 e. The summed E-state index contributed by atoms with van der Waals surface area (Å²) < 4.78 is 10.4. The van der Waals surface area contributed by atoms with Crippen molar-refractivity contribution in [2.24, 2.45) is 23.2 Å². The van der Waals surface area contributed by atoms with Crippen molar-refractivity contribution < 1.29 is 29.0 Å². The Labute approximate surface area is 192 Å². The molecule has 4 aliphatic carbocycles. The number of ether oxygens (including phenoxy) is 2. The largest absolute Gasteiger partial charge is 0.502 e. The minimum Gasteiger partial charge on any atom is -0.502 e. The first kappa shape index (κ1) is 21.8. The van der Waals surface area contributed by atoms with E-state index in [4.69, 9.17) is 9.47 Å². The molecule has 1 aliphatic heterocycles. The maximum atomic E-state index is 13.5. The summed E-state index contributed by atoms with van der Waals surface area (Å²) in [6.45, 7) is 1.96. The highest BCUT2D eigenvalue weighted by Gasteiger charge is 2.56. The number of phenolic OH excluding ortho intramolecular Hbond substituents is 1. The molecule has 0 spiro atoms. The number of nitrogens with zero attached hydrogens (tertiary/aromatic N) is 1. The number of benzene rings is 1. The zero-order valence-electron chi connectivity index (χ0n) is 19.2. The minimum atomic E-state index is -0.732. The third kappa shape index (κ3) is 3.47. The van der Waals surface area contributed by atoms with Crippen LogP contribution in [0.4, 0.5) is 4.79 Å². The lowest BCUT2D eigenvalue weighted by Gasteiger charge is -2.60. The van der Waals surface area contributed by atoms with Crippen LogP contribution in [0.5, 0.6) is 17.2 Å². The number of urea groups is 1. The van der Waals surface area contributed by atoms with Gasteiger partial charge in [0.1, 0.15) is 5.57 Å². The molecule has 1 aromatic rings. The number of carbonyl (C=O) groups is 3. The van der Waals surface area contributed by atoms with E-state index in [-0.39, 0.29) is 34.3 Å². The number of imide groups is 2. The molecule has 1 aromatic carbocycles. The van der Waals surface area contributed by atoms with Crippen LogP contribution in [0.3, 0.4) is 0 Å². The first-order valence-electron chi connectivity index (χ1n) is 11.6. The standard InChI is InChI=1S/C25H30N2O6/c1-13(25-10-15-4-16(11-25)6-17(5-15)12-25)27-23(30)18(22(29)26-24(27)31)7-14-8-19(32-2)21(28)20(9-14)33-3/h7-9,13,15-17,28H,4-6,10-12H2,1-3H3,(H,26,29,31). The first-order valence-corrected chi connectivity index (χ1v) is 11.6. The number of hydrogen-bond acceptors (Lipinski definition) is 6. The lowest BCUT2D eigenvalue weighted by atomic mass is 9.47. The second kappa shape index (κ2) is 7.78. The monoisotopic (exact) mass is 454 g/mol. The van der Waals surface area contributed by atoms with Crippen molar-refractivity contribution in [3.63, 3.8) is 0 Å². The average molecular weight is 455 g/mol. The van der Waals surface area contributed by atoms with Gasteiger partial charge < -0.3 is 14.6 Å². The van der Waals surface area contributed by atoms with Crippen molar-refractivity contribution in [1.29, 1.82) is 0 Å². The van der Waals surface area contributed by atoms with Crippen LogP contribution in [0, 0.1) is 23.2 Å². The van der Waals surface area contributed by atoms with Crippen LogP contribution in [0.15, 0.2) is 17.7 Å². The molecule has 5 fully saturated rings. The Kier molecular flexibility index (Phi) is 5.14. The van der Waals surface area contributed by atoms with E-state index in [1.54, 1.807) is 0 Å². The third-order valence-corrected chi connectivity index (χ3v) is 8.31. The summed E-state index contributed by atoms with van der Waals surface area (Å²) in [5.41, 5.74) is 0.246. The van der Waals surface area contributed by atoms with Crippen molar-refractivity contribution in [3.05, 3.63) is 23.3 Å². The van der Waals surface area contributed by atoms with E-state index in [0.717, 1.165) is 19.3 Å². The fourth-order valence-corrected chi connectivity index (χ4v) is 7.15. The predicted molar refractivity (Wildman–Crippen MR) is 120 cm³/mol. The number of amides is 4. The van der Waals surface area contributed by atoms with E-state index in [0.29, 0.717) is 23.3 Å². The second-order valence-electron chi connectivity index (χ2n) is 10.2. The van der Waals surface area contributed by atoms with Crippen LogP contribution >= 0.6 is 0 Å². The van der Waals surface area contributed by atoms with Crippen molar-refractivity contribution in [2.45, 2.75) is 51.5 Å². The molecule has 1 atom stereocenters. The van der Waals surface area contributed by atoms with Crippen LogP contribution in [-0.4, -0.2) is 48.1 Å². The summed E-state index contributed by atoms with van der Waals surface area (Å²) in [4.78, 5) is 40.3. The summed E-state index contributed by atoms with van der Waals surface area (Å²) >= 11 is 0. The second-order valence-corrected chi connectivity index (χ2v) is 10.2. The Morgan fingerprint density at radius 2 is 1.55 bits per heavy atom. The van der Waals surface area contributed by atoms with Crippen LogP contribution in [0.1, 0.15) is 51.0 Å². The molecule has 4 bridgehead atoms. The number of rotatable bonds is 5. The number of nitrogens with one attached hydrogen (secondary N) is 1. The number of hydrogen-bond donors (Lipinski definition) is 2. The normalized spacial score (nSPS) is 32.8. The van der Waals surface area contributed by atoms with E-state index in [2.05, 4.69) is 5.32 Å². The molecule has 6 rings (SSSR count). The zero-order chi connectivity index (χ0) is 23.5. The quantitative estimate of drug-likeness (QED) is 0.521. The number of aromatic hydroxyl groups is 1. The summed E-state index contributed by atoms with van der Waals surface area (Å²) in [5, 5.41) is 12.5. The maximum absolute atomic E-state index is 13.5. The fourth-order valence-electron chi connectivity index (χ4n) is 7.15. The molecule has 2 N–H and O–H groups in total. The van der Waals surface area contributed by atoms with Gasteiger partial charge in [-0.2, -0.15) is 0 Å². The molecule has 1 saturated heterocycles. The molecule has 1 unspecified atom stereocenters. The summed E-state index contributed by atoms with van der Waals surface area (Å²) in [6, 6.07) is 2.08. The van der Waals surface area contributed by atoms with Gasteiger partial charge in [-0.15, -0.1) is 0 Å². The van der Waals surface area contributed by atoms with Gasteiger partial charge in [0.25, 0.3) is 11.8 Å². The third-order valence-electron chi connectivity index (χ3n) is 8.31.